The van der Waals surface area contributed by atoms with Crippen LogP contribution in [0, 0.1) is 0 Å². The van der Waals surface area contributed by atoms with E-state index >= 15 is 0 Å². The summed E-state index contributed by atoms with van der Waals surface area (Å²) in [6.07, 6.45) is 0.909. The van der Waals surface area contributed by atoms with Crippen molar-refractivity contribution in [1.82, 2.24) is 5.32 Å². The largest absolute Gasteiger partial charge is 0.468 e. The molecule has 1 fully saturated rings. The average Bonchev–Trinajstić information content (AvgIpc) is 1.79. The van der Waals surface area contributed by atoms with Gasteiger partial charge in [-0.1, -0.05) is 0 Å². The van der Waals surface area contributed by atoms with E-state index in [0.29, 0.717) is 6.04 Å². The molecule has 0 saturated carbocycles. The van der Waals surface area contributed by atoms with Crippen LogP contribution >= 0.6 is 12.4 Å². The molecule has 0 radical (unpaired) electrons. The quantitative estimate of drug-likeness (QED) is 0.570. The van der Waals surface area contributed by atoms with Gasteiger partial charge < -0.3 is 10.1 Å². The van der Waals surface area contributed by atoms with Crippen LogP contribution < -0.4 is 5.32 Å². The highest BCUT2D eigenvalue weighted by Crippen LogP contribution is 2.11. The van der Waals surface area contributed by atoms with Gasteiger partial charge in [0.05, 0.1) is 7.11 Å². The van der Waals surface area contributed by atoms with E-state index in [-0.39, 0.29) is 24.4 Å². The molecule has 2 unspecified atom stereocenters. The number of carbonyl (C=O) groups is 1. The van der Waals surface area contributed by atoms with Gasteiger partial charge in [0.1, 0.15) is 6.04 Å². The summed E-state index contributed by atoms with van der Waals surface area (Å²) in [6.45, 7) is 2.04. The number of rotatable bonds is 1. The maximum Gasteiger partial charge on any atom is 0.322 e. The van der Waals surface area contributed by atoms with Gasteiger partial charge in [0, 0.05) is 6.04 Å². The monoisotopic (exact) mass is 165 g/mol. The van der Waals surface area contributed by atoms with Crippen molar-refractivity contribution in [3.63, 3.8) is 0 Å². The number of halogens is 1. The highest BCUT2D eigenvalue weighted by atomic mass is 35.5. The molecule has 0 aromatic rings. The molecule has 1 rings (SSSR count). The molecular formula is C6H12ClNO2. The molecule has 0 aromatic carbocycles. The zero-order valence-corrected chi connectivity index (χ0v) is 6.90. The minimum atomic E-state index is -0.145. The first-order chi connectivity index (χ1) is 4.24. The molecular weight excluding hydrogens is 154 g/mol. The smallest absolute Gasteiger partial charge is 0.322 e. The van der Waals surface area contributed by atoms with E-state index in [1.807, 2.05) is 6.92 Å². The highest BCUT2D eigenvalue weighted by Gasteiger charge is 2.30. The molecule has 4 heteroatoms. The molecule has 1 aliphatic heterocycles. The van der Waals surface area contributed by atoms with E-state index in [0.717, 1.165) is 6.42 Å². The second-order valence-electron chi connectivity index (χ2n) is 2.38. The van der Waals surface area contributed by atoms with E-state index in [9.17, 15) is 4.79 Å². The fourth-order valence-electron chi connectivity index (χ4n) is 0.979. The van der Waals surface area contributed by atoms with Crippen LogP contribution in [0.5, 0.6) is 0 Å². The van der Waals surface area contributed by atoms with Crippen LogP contribution in [0.3, 0.4) is 0 Å². The van der Waals surface area contributed by atoms with Gasteiger partial charge in [-0.05, 0) is 13.3 Å². The van der Waals surface area contributed by atoms with E-state index in [4.69, 9.17) is 0 Å². The Morgan fingerprint density at radius 2 is 2.20 bits per heavy atom. The molecule has 1 saturated heterocycles. The fourth-order valence-corrected chi connectivity index (χ4v) is 0.979. The van der Waals surface area contributed by atoms with Gasteiger partial charge in [0.2, 0.25) is 0 Å². The predicted octanol–water partition coefficient (Wildman–Crippen LogP) is 0.332. The van der Waals surface area contributed by atoms with Crippen molar-refractivity contribution >= 4 is 18.4 Å². The first-order valence-electron chi connectivity index (χ1n) is 3.08. The van der Waals surface area contributed by atoms with Gasteiger partial charge in [0.15, 0.2) is 0 Å². The number of ether oxygens (including phenoxy) is 1. The van der Waals surface area contributed by atoms with Crippen molar-refractivity contribution in [2.45, 2.75) is 25.4 Å². The van der Waals surface area contributed by atoms with Gasteiger partial charge >= 0.3 is 5.97 Å². The zero-order chi connectivity index (χ0) is 6.85. The molecule has 0 spiro atoms. The highest BCUT2D eigenvalue weighted by molar-refractivity contribution is 5.85. The van der Waals surface area contributed by atoms with Crippen LogP contribution in [0.25, 0.3) is 0 Å². The lowest BCUT2D eigenvalue weighted by molar-refractivity contribution is -0.145. The third-order valence-electron chi connectivity index (χ3n) is 1.56. The minimum Gasteiger partial charge on any atom is -0.468 e. The Labute approximate surface area is 66.5 Å². The number of hydrogen-bond acceptors (Lipinski definition) is 3. The Morgan fingerprint density at radius 1 is 1.70 bits per heavy atom. The summed E-state index contributed by atoms with van der Waals surface area (Å²) >= 11 is 0. The van der Waals surface area contributed by atoms with Crippen LogP contribution in [0.2, 0.25) is 0 Å². The minimum absolute atomic E-state index is 0. The maximum atomic E-state index is 10.7. The number of nitrogens with one attached hydrogen (secondary N) is 1. The fraction of sp³-hybridized carbons (Fsp3) is 0.833. The van der Waals surface area contributed by atoms with Crippen molar-refractivity contribution in [3.05, 3.63) is 0 Å². The van der Waals surface area contributed by atoms with Gasteiger partial charge in [-0.25, -0.2) is 0 Å². The third kappa shape index (κ3) is 1.85. The van der Waals surface area contributed by atoms with E-state index < -0.39 is 0 Å². The number of methoxy groups -OCH3 is 1. The summed E-state index contributed by atoms with van der Waals surface area (Å²) in [5, 5.41) is 3.02. The van der Waals surface area contributed by atoms with Crippen LogP contribution in [0.1, 0.15) is 13.3 Å². The topological polar surface area (TPSA) is 38.3 Å². The Morgan fingerprint density at radius 3 is 2.50 bits per heavy atom. The van der Waals surface area contributed by atoms with Gasteiger partial charge in [-0.15, -0.1) is 12.4 Å². The summed E-state index contributed by atoms with van der Waals surface area (Å²) in [7, 11) is 1.41. The number of hydrogen-bond donors (Lipinski definition) is 1. The molecule has 1 aliphatic rings. The van der Waals surface area contributed by atoms with Gasteiger partial charge in [-0.2, -0.15) is 0 Å². The molecule has 2 atom stereocenters. The molecule has 10 heavy (non-hydrogen) atoms. The molecule has 1 heterocycles. The molecule has 0 aliphatic carbocycles. The van der Waals surface area contributed by atoms with Crippen molar-refractivity contribution in [2.24, 2.45) is 0 Å². The SMILES string of the molecule is COC(=O)C1CC(C)N1.Cl. The van der Waals surface area contributed by atoms with Crippen LogP contribution in [0.4, 0.5) is 0 Å². The molecule has 60 valence electrons. The van der Waals surface area contributed by atoms with Crippen LogP contribution in [0.15, 0.2) is 0 Å². The summed E-state index contributed by atoms with van der Waals surface area (Å²) < 4.78 is 4.50. The standard InChI is InChI=1S/C6H11NO2.ClH/c1-4-3-5(7-4)6(8)9-2;/h4-5,7H,3H2,1-2H3;1H. The molecule has 0 bridgehead atoms. The van der Waals surface area contributed by atoms with Crippen LogP contribution in [-0.2, 0) is 9.53 Å². The predicted molar refractivity (Wildman–Crippen MR) is 40.3 cm³/mol. The Bertz CT molecular complexity index is 123. The Balaban J connectivity index is 0.000000810. The lowest BCUT2D eigenvalue weighted by Gasteiger charge is -2.32. The Kier molecular flexibility index (Phi) is 3.68. The van der Waals surface area contributed by atoms with Gasteiger partial charge in [-0.3, -0.25) is 4.79 Å². The van der Waals surface area contributed by atoms with Gasteiger partial charge in [0.25, 0.3) is 0 Å². The first kappa shape index (κ1) is 9.72. The van der Waals surface area contributed by atoms with Crippen molar-refractivity contribution < 1.29 is 9.53 Å². The first-order valence-corrected chi connectivity index (χ1v) is 3.08. The molecule has 0 aromatic heterocycles. The summed E-state index contributed by atoms with van der Waals surface area (Å²) in [4.78, 5) is 10.7. The maximum absolute atomic E-state index is 10.7. The lowest BCUT2D eigenvalue weighted by Crippen LogP contribution is -2.55. The van der Waals surface area contributed by atoms with Crippen molar-refractivity contribution in [3.8, 4) is 0 Å². The number of carbonyl (C=O) groups excluding carboxylic acids is 1. The summed E-state index contributed by atoms with van der Waals surface area (Å²) in [6, 6.07) is 0.444. The van der Waals surface area contributed by atoms with E-state index in [2.05, 4.69) is 10.1 Å². The second-order valence-corrected chi connectivity index (χ2v) is 2.38. The summed E-state index contributed by atoms with van der Waals surface area (Å²) in [5.74, 6) is -0.145. The molecule has 3 nitrogen and oxygen atoms in total. The normalized spacial score (nSPS) is 29.8. The molecule has 0 amide bonds. The van der Waals surface area contributed by atoms with Crippen LogP contribution in [-0.4, -0.2) is 25.2 Å². The number of esters is 1. The van der Waals surface area contributed by atoms with E-state index in [1.54, 1.807) is 0 Å². The molecule has 1 N–H and O–H groups in total. The van der Waals surface area contributed by atoms with Crippen molar-refractivity contribution in [2.75, 3.05) is 7.11 Å². The van der Waals surface area contributed by atoms with E-state index in [1.165, 1.54) is 7.11 Å². The average molecular weight is 166 g/mol. The van der Waals surface area contributed by atoms with Crippen molar-refractivity contribution in [1.29, 1.82) is 0 Å². The summed E-state index contributed by atoms with van der Waals surface area (Å²) in [5.41, 5.74) is 0. The second kappa shape index (κ2) is 3.78. The Hall–Kier alpha value is -0.280. The lowest BCUT2D eigenvalue weighted by atomic mass is 9.99. The third-order valence-corrected chi connectivity index (χ3v) is 1.56. The zero-order valence-electron chi connectivity index (χ0n) is 6.09.